The third kappa shape index (κ3) is 4.70. The van der Waals surface area contributed by atoms with Crippen LogP contribution in [-0.4, -0.2) is 48.8 Å². The van der Waals surface area contributed by atoms with Crippen molar-refractivity contribution in [1.29, 1.82) is 0 Å². The van der Waals surface area contributed by atoms with Crippen LogP contribution in [0.5, 0.6) is 0 Å². The number of carboxylic acids is 1. The van der Waals surface area contributed by atoms with E-state index >= 15 is 0 Å². The summed E-state index contributed by atoms with van der Waals surface area (Å²) in [6.07, 6.45) is 0.153. The number of morpholine rings is 1. The zero-order valence-electron chi connectivity index (χ0n) is 10.2. The van der Waals surface area contributed by atoms with Crippen LogP contribution in [0.4, 0.5) is 0 Å². The van der Waals surface area contributed by atoms with Crippen molar-refractivity contribution in [3.8, 4) is 0 Å². The second-order valence-corrected chi connectivity index (χ2v) is 4.38. The van der Waals surface area contributed by atoms with Crippen LogP contribution in [-0.2, 0) is 14.3 Å². The van der Waals surface area contributed by atoms with Gasteiger partial charge >= 0.3 is 5.97 Å². The second-order valence-electron chi connectivity index (χ2n) is 4.38. The van der Waals surface area contributed by atoms with Gasteiger partial charge in [0.25, 0.3) is 0 Å². The van der Waals surface area contributed by atoms with Crippen LogP contribution in [0.15, 0.2) is 0 Å². The molecule has 0 saturated carbocycles. The summed E-state index contributed by atoms with van der Waals surface area (Å²) < 4.78 is 5.40. The average Bonchev–Trinajstić information content (AvgIpc) is 2.28. The van der Waals surface area contributed by atoms with Gasteiger partial charge in [-0.2, -0.15) is 0 Å². The zero-order valence-corrected chi connectivity index (χ0v) is 10.2. The highest BCUT2D eigenvalue weighted by Crippen LogP contribution is 2.05. The van der Waals surface area contributed by atoms with Crippen LogP contribution in [0.1, 0.15) is 20.3 Å². The van der Waals surface area contributed by atoms with Gasteiger partial charge in [-0.3, -0.25) is 9.59 Å². The minimum Gasteiger partial charge on any atom is -0.481 e. The van der Waals surface area contributed by atoms with Crippen molar-refractivity contribution in [3.63, 3.8) is 0 Å². The molecular formula is C11H20N2O4. The molecule has 1 aliphatic heterocycles. The first-order valence-corrected chi connectivity index (χ1v) is 5.85. The van der Waals surface area contributed by atoms with Crippen molar-refractivity contribution in [2.24, 2.45) is 5.92 Å². The number of ether oxygens (including phenoxy) is 1. The molecule has 0 aliphatic carbocycles. The molecule has 3 unspecified atom stereocenters. The second kappa shape index (κ2) is 6.56. The minimum absolute atomic E-state index is 0.115. The summed E-state index contributed by atoms with van der Waals surface area (Å²) in [5.74, 6) is -1.67. The molecule has 1 amide bonds. The van der Waals surface area contributed by atoms with Crippen molar-refractivity contribution in [1.82, 2.24) is 10.6 Å². The Bertz CT molecular complexity index is 277. The van der Waals surface area contributed by atoms with E-state index in [-0.39, 0.29) is 24.5 Å². The van der Waals surface area contributed by atoms with Gasteiger partial charge < -0.3 is 20.5 Å². The maximum Gasteiger partial charge on any atom is 0.308 e. The first-order valence-electron chi connectivity index (χ1n) is 5.85. The van der Waals surface area contributed by atoms with E-state index in [0.717, 1.165) is 6.54 Å². The highest BCUT2D eigenvalue weighted by Gasteiger charge is 2.23. The maximum atomic E-state index is 11.6. The number of aliphatic carboxylic acids is 1. The lowest BCUT2D eigenvalue weighted by Crippen LogP contribution is -2.45. The highest BCUT2D eigenvalue weighted by molar-refractivity contribution is 5.78. The lowest BCUT2D eigenvalue weighted by atomic mass is 10.0. The lowest BCUT2D eigenvalue weighted by Gasteiger charge is -2.24. The number of rotatable bonds is 5. The van der Waals surface area contributed by atoms with E-state index in [1.54, 1.807) is 13.8 Å². The zero-order chi connectivity index (χ0) is 12.8. The Labute approximate surface area is 101 Å². The summed E-state index contributed by atoms with van der Waals surface area (Å²) in [5, 5.41) is 14.6. The largest absolute Gasteiger partial charge is 0.481 e. The van der Waals surface area contributed by atoms with Crippen molar-refractivity contribution in [2.75, 3.05) is 19.7 Å². The molecule has 0 bridgehead atoms. The molecule has 0 aromatic carbocycles. The Morgan fingerprint density at radius 2 is 2.24 bits per heavy atom. The topological polar surface area (TPSA) is 87.7 Å². The van der Waals surface area contributed by atoms with Crippen molar-refractivity contribution >= 4 is 11.9 Å². The summed E-state index contributed by atoms with van der Waals surface area (Å²) in [6.45, 7) is 5.35. The molecule has 1 heterocycles. The Balaban J connectivity index is 2.30. The van der Waals surface area contributed by atoms with Gasteiger partial charge in [-0.25, -0.2) is 0 Å². The van der Waals surface area contributed by atoms with E-state index in [9.17, 15) is 9.59 Å². The quantitative estimate of drug-likeness (QED) is 0.612. The molecule has 1 rings (SSSR count). The molecule has 1 saturated heterocycles. The van der Waals surface area contributed by atoms with Crippen LogP contribution >= 0.6 is 0 Å². The first kappa shape index (κ1) is 13.9. The van der Waals surface area contributed by atoms with Crippen molar-refractivity contribution in [3.05, 3.63) is 0 Å². The van der Waals surface area contributed by atoms with Gasteiger partial charge in [0.15, 0.2) is 0 Å². The van der Waals surface area contributed by atoms with Gasteiger partial charge in [-0.05, 0) is 13.8 Å². The predicted octanol–water partition coefficient (Wildman–Crippen LogP) is -0.410. The minimum atomic E-state index is -0.909. The SMILES string of the molecule is CC(NC(=O)CC1CNCCO1)C(C)C(=O)O. The van der Waals surface area contributed by atoms with Gasteiger partial charge in [0, 0.05) is 19.1 Å². The molecule has 0 aromatic rings. The normalized spacial score (nSPS) is 23.8. The molecule has 98 valence electrons. The fourth-order valence-electron chi connectivity index (χ4n) is 1.61. The molecule has 6 heteroatoms. The van der Waals surface area contributed by atoms with E-state index in [2.05, 4.69) is 10.6 Å². The third-order valence-electron chi connectivity index (χ3n) is 2.95. The van der Waals surface area contributed by atoms with Crippen LogP contribution in [0.2, 0.25) is 0 Å². The number of carboxylic acid groups (broad SMARTS) is 1. The Morgan fingerprint density at radius 3 is 2.76 bits per heavy atom. The van der Waals surface area contributed by atoms with Gasteiger partial charge in [0.1, 0.15) is 0 Å². The smallest absolute Gasteiger partial charge is 0.308 e. The molecule has 17 heavy (non-hydrogen) atoms. The fourth-order valence-corrected chi connectivity index (χ4v) is 1.61. The van der Waals surface area contributed by atoms with E-state index < -0.39 is 11.9 Å². The summed E-state index contributed by atoms with van der Waals surface area (Å²) >= 11 is 0. The van der Waals surface area contributed by atoms with Crippen molar-refractivity contribution in [2.45, 2.75) is 32.4 Å². The van der Waals surface area contributed by atoms with Gasteiger partial charge in [-0.15, -0.1) is 0 Å². The number of amides is 1. The third-order valence-corrected chi connectivity index (χ3v) is 2.95. The average molecular weight is 244 g/mol. The highest BCUT2D eigenvalue weighted by atomic mass is 16.5. The summed E-state index contributed by atoms with van der Waals surface area (Å²) in [6, 6.07) is -0.378. The molecule has 3 N–H and O–H groups in total. The van der Waals surface area contributed by atoms with E-state index in [0.29, 0.717) is 13.2 Å². The van der Waals surface area contributed by atoms with Crippen LogP contribution in [0.25, 0.3) is 0 Å². The Kier molecular flexibility index (Phi) is 5.37. The predicted molar refractivity (Wildman–Crippen MR) is 61.6 cm³/mol. The number of hydrogen-bond acceptors (Lipinski definition) is 4. The molecular weight excluding hydrogens is 224 g/mol. The summed E-state index contributed by atoms with van der Waals surface area (Å²) in [4.78, 5) is 22.4. The lowest BCUT2D eigenvalue weighted by molar-refractivity contribution is -0.142. The summed E-state index contributed by atoms with van der Waals surface area (Å²) in [5.41, 5.74) is 0. The van der Waals surface area contributed by atoms with Gasteiger partial charge in [0.05, 0.1) is 25.0 Å². The molecule has 3 atom stereocenters. The summed E-state index contributed by atoms with van der Waals surface area (Å²) in [7, 11) is 0. The molecule has 1 aliphatic rings. The van der Waals surface area contributed by atoms with E-state index in [4.69, 9.17) is 9.84 Å². The first-order chi connectivity index (χ1) is 8.00. The monoisotopic (exact) mass is 244 g/mol. The van der Waals surface area contributed by atoms with E-state index in [1.165, 1.54) is 0 Å². The van der Waals surface area contributed by atoms with Crippen LogP contribution in [0.3, 0.4) is 0 Å². The Hall–Kier alpha value is -1.14. The standard InChI is InChI=1S/C11H20N2O4/c1-7(11(15)16)8(2)13-10(14)5-9-6-12-3-4-17-9/h7-9,12H,3-6H2,1-2H3,(H,13,14)(H,15,16). The molecule has 0 aromatic heterocycles. The maximum absolute atomic E-state index is 11.6. The van der Waals surface area contributed by atoms with Crippen LogP contribution < -0.4 is 10.6 Å². The van der Waals surface area contributed by atoms with Gasteiger partial charge in [0.2, 0.25) is 5.91 Å². The number of carbonyl (C=O) groups is 2. The molecule has 1 fully saturated rings. The Morgan fingerprint density at radius 1 is 1.53 bits per heavy atom. The van der Waals surface area contributed by atoms with E-state index in [1.807, 2.05) is 0 Å². The fraction of sp³-hybridized carbons (Fsp3) is 0.818. The molecule has 0 radical (unpaired) electrons. The van der Waals surface area contributed by atoms with Crippen LogP contribution in [0, 0.1) is 5.92 Å². The number of nitrogens with one attached hydrogen (secondary N) is 2. The molecule has 0 spiro atoms. The molecule has 6 nitrogen and oxygen atoms in total. The van der Waals surface area contributed by atoms with Crippen molar-refractivity contribution < 1.29 is 19.4 Å². The number of hydrogen-bond donors (Lipinski definition) is 3. The van der Waals surface area contributed by atoms with Gasteiger partial charge in [-0.1, -0.05) is 0 Å². The number of carbonyl (C=O) groups excluding carboxylic acids is 1.